The van der Waals surface area contributed by atoms with Gasteiger partial charge in [0.05, 0.1) is 10.6 Å². The summed E-state index contributed by atoms with van der Waals surface area (Å²) in [6, 6.07) is 8.20. The molecule has 7 nitrogen and oxygen atoms in total. The largest absolute Gasteiger partial charge is 0.384 e. The van der Waals surface area contributed by atoms with E-state index in [1.54, 1.807) is 16.8 Å². The highest BCUT2D eigenvalue weighted by Crippen LogP contribution is 2.22. The fourth-order valence-corrected chi connectivity index (χ4v) is 1.82. The number of aryl methyl sites for hydroxylation is 1. The molecule has 0 unspecified atom stereocenters. The lowest BCUT2D eigenvalue weighted by Crippen LogP contribution is -2.06. The fourth-order valence-electron chi connectivity index (χ4n) is 1.82. The molecule has 0 radical (unpaired) electrons. The van der Waals surface area contributed by atoms with Crippen molar-refractivity contribution in [1.82, 2.24) is 9.78 Å². The minimum Gasteiger partial charge on any atom is -0.384 e. The summed E-state index contributed by atoms with van der Waals surface area (Å²) < 4.78 is 1.72. The predicted octanol–water partition coefficient (Wildman–Crippen LogP) is 1.85. The molecule has 2 rings (SSSR count). The van der Waals surface area contributed by atoms with Crippen LogP contribution in [0.25, 0.3) is 0 Å². The molecule has 20 heavy (non-hydrogen) atoms. The number of nitrogens with one attached hydrogen (secondary N) is 1. The molecule has 102 valence electrons. The van der Waals surface area contributed by atoms with Gasteiger partial charge in [0.1, 0.15) is 11.6 Å². The first-order chi connectivity index (χ1) is 9.60. The van der Waals surface area contributed by atoms with Gasteiger partial charge < -0.3 is 5.32 Å². The van der Waals surface area contributed by atoms with Gasteiger partial charge in [-0.25, -0.2) is 0 Å². The molecule has 0 aliphatic heterocycles. The van der Waals surface area contributed by atoms with Crippen molar-refractivity contribution in [2.45, 2.75) is 6.42 Å². The number of rotatable bonds is 5. The van der Waals surface area contributed by atoms with Crippen molar-refractivity contribution in [3.8, 4) is 6.07 Å². The first-order valence-corrected chi connectivity index (χ1v) is 6.01. The number of nitro benzene ring substituents is 1. The van der Waals surface area contributed by atoms with Crippen LogP contribution in [-0.4, -0.2) is 21.2 Å². The number of nitrogens with zero attached hydrogens (tertiary/aromatic N) is 4. The monoisotopic (exact) mass is 271 g/mol. The van der Waals surface area contributed by atoms with Crippen molar-refractivity contribution in [2.75, 3.05) is 11.9 Å². The molecule has 0 spiro atoms. The van der Waals surface area contributed by atoms with Gasteiger partial charge in [0.15, 0.2) is 0 Å². The highest BCUT2D eigenvalue weighted by atomic mass is 16.6. The Balaban J connectivity index is 2.01. The summed E-state index contributed by atoms with van der Waals surface area (Å²) in [7, 11) is 1.85. The van der Waals surface area contributed by atoms with Crippen LogP contribution in [0.1, 0.15) is 11.3 Å². The zero-order valence-electron chi connectivity index (χ0n) is 10.9. The highest BCUT2D eigenvalue weighted by molar-refractivity contribution is 5.59. The Morgan fingerprint density at radius 1 is 1.50 bits per heavy atom. The first kappa shape index (κ1) is 13.5. The van der Waals surface area contributed by atoms with E-state index in [1.807, 2.05) is 19.3 Å². The summed E-state index contributed by atoms with van der Waals surface area (Å²) in [6.07, 6.45) is 2.58. The smallest absolute Gasteiger partial charge is 0.289 e. The SMILES string of the molecule is Cn1ccc(CCNc2ccc(C#N)c([N+](=O)[O-])c2)n1. The number of hydrogen-bond acceptors (Lipinski definition) is 5. The molecule has 1 heterocycles. The molecule has 0 fully saturated rings. The highest BCUT2D eigenvalue weighted by Gasteiger charge is 2.13. The third kappa shape index (κ3) is 3.11. The summed E-state index contributed by atoms with van der Waals surface area (Å²) in [4.78, 5) is 10.3. The number of hydrogen-bond donors (Lipinski definition) is 1. The second-order valence-corrected chi connectivity index (χ2v) is 4.26. The van der Waals surface area contributed by atoms with Gasteiger partial charge >= 0.3 is 0 Å². The average Bonchev–Trinajstić information content (AvgIpc) is 2.84. The second kappa shape index (κ2) is 5.84. The van der Waals surface area contributed by atoms with Crippen LogP contribution in [0.4, 0.5) is 11.4 Å². The van der Waals surface area contributed by atoms with E-state index in [0.717, 1.165) is 5.69 Å². The molecule has 1 N–H and O–H groups in total. The fraction of sp³-hybridized carbons (Fsp3) is 0.231. The van der Waals surface area contributed by atoms with Crippen molar-refractivity contribution in [1.29, 1.82) is 5.26 Å². The van der Waals surface area contributed by atoms with Gasteiger partial charge in [0.2, 0.25) is 0 Å². The quantitative estimate of drug-likeness (QED) is 0.661. The van der Waals surface area contributed by atoms with Gasteiger partial charge in [-0.05, 0) is 18.2 Å². The molecular formula is C13H13N5O2. The Labute approximate surface area is 115 Å². The number of nitriles is 1. The lowest BCUT2D eigenvalue weighted by Gasteiger charge is -2.05. The molecule has 0 aliphatic rings. The van der Waals surface area contributed by atoms with E-state index >= 15 is 0 Å². The summed E-state index contributed by atoms with van der Waals surface area (Å²) in [5.74, 6) is 0. The van der Waals surface area contributed by atoms with E-state index in [-0.39, 0.29) is 11.3 Å². The minimum atomic E-state index is -0.553. The topological polar surface area (TPSA) is 96.8 Å². The second-order valence-electron chi connectivity index (χ2n) is 4.26. The van der Waals surface area contributed by atoms with Crippen molar-refractivity contribution < 1.29 is 4.92 Å². The maximum absolute atomic E-state index is 10.8. The van der Waals surface area contributed by atoms with Crippen LogP contribution in [0.2, 0.25) is 0 Å². The van der Waals surface area contributed by atoms with Gasteiger partial charge in [0, 0.05) is 38.0 Å². The molecule has 1 aromatic carbocycles. The first-order valence-electron chi connectivity index (χ1n) is 6.01. The Morgan fingerprint density at radius 2 is 2.30 bits per heavy atom. The van der Waals surface area contributed by atoms with E-state index in [1.165, 1.54) is 12.1 Å². The standard InChI is InChI=1S/C13H13N5O2/c1-17-7-5-11(16-17)4-6-15-12-3-2-10(9-14)13(8-12)18(19)20/h2-3,5,7-8,15H,4,6H2,1H3. The maximum atomic E-state index is 10.8. The molecule has 0 aliphatic carbocycles. The van der Waals surface area contributed by atoms with Crippen molar-refractivity contribution in [3.05, 3.63) is 51.8 Å². The Hall–Kier alpha value is -2.88. The zero-order chi connectivity index (χ0) is 14.5. The summed E-state index contributed by atoms with van der Waals surface area (Å²) >= 11 is 0. The molecule has 2 aromatic rings. The normalized spacial score (nSPS) is 10.0. The number of aromatic nitrogens is 2. The van der Waals surface area contributed by atoms with Crippen LogP contribution in [-0.2, 0) is 13.5 Å². The van der Waals surface area contributed by atoms with Crippen molar-refractivity contribution >= 4 is 11.4 Å². The molecule has 0 saturated heterocycles. The van der Waals surface area contributed by atoms with Crippen LogP contribution in [0.15, 0.2) is 30.5 Å². The van der Waals surface area contributed by atoms with E-state index in [4.69, 9.17) is 5.26 Å². The van der Waals surface area contributed by atoms with Crippen molar-refractivity contribution in [2.24, 2.45) is 7.05 Å². The Bertz CT molecular complexity index is 672. The van der Waals surface area contributed by atoms with Gasteiger partial charge in [-0.15, -0.1) is 0 Å². The van der Waals surface area contributed by atoms with E-state index < -0.39 is 4.92 Å². The molecule has 0 bridgehead atoms. The van der Waals surface area contributed by atoms with Crippen LogP contribution in [0.5, 0.6) is 0 Å². The van der Waals surface area contributed by atoms with E-state index in [0.29, 0.717) is 18.7 Å². The third-order valence-electron chi connectivity index (χ3n) is 2.79. The van der Waals surface area contributed by atoms with Crippen molar-refractivity contribution in [3.63, 3.8) is 0 Å². The Kier molecular flexibility index (Phi) is 3.96. The van der Waals surface area contributed by atoms with Gasteiger partial charge in [0.25, 0.3) is 5.69 Å². The molecule has 0 amide bonds. The van der Waals surface area contributed by atoms with E-state index in [9.17, 15) is 10.1 Å². The zero-order valence-corrected chi connectivity index (χ0v) is 10.9. The van der Waals surface area contributed by atoms with Crippen LogP contribution in [0.3, 0.4) is 0 Å². The third-order valence-corrected chi connectivity index (χ3v) is 2.79. The number of nitro groups is 1. The van der Waals surface area contributed by atoms with Gasteiger partial charge in [-0.2, -0.15) is 10.4 Å². The number of anilines is 1. The van der Waals surface area contributed by atoms with E-state index in [2.05, 4.69) is 10.4 Å². The van der Waals surface area contributed by atoms with Crippen LogP contribution >= 0.6 is 0 Å². The van der Waals surface area contributed by atoms with Crippen LogP contribution in [0, 0.1) is 21.4 Å². The van der Waals surface area contributed by atoms with Gasteiger partial charge in [-0.1, -0.05) is 0 Å². The summed E-state index contributed by atoms with van der Waals surface area (Å²) in [6.45, 7) is 0.611. The molecule has 1 aromatic heterocycles. The molecule has 7 heteroatoms. The lowest BCUT2D eigenvalue weighted by molar-refractivity contribution is -0.385. The van der Waals surface area contributed by atoms with Crippen LogP contribution < -0.4 is 5.32 Å². The maximum Gasteiger partial charge on any atom is 0.289 e. The Morgan fingerprint density at radius 3 is 2.90 bits per heavy atom. The molecular weight excluding hydrogens is 258 g/mol. The van der Waals surface area contributed by atoms with Gasteiger partial charge in [-0.3, -0.25) is 14.8 Å². The minimum absolute atomic E-state index is 0.0604. The summed E-state index contributed by atoms with van der Waals surface area (Å²) in [5.41, 5.74) is 1.44. The lowest BCUT2D eigenvalue weighted by atomic mass is 10.1. The summed E-state index contributed by atoms with van der Waals surface area (Å²) in [5, 5.41) is 27.0. The average molecular weight is 271 g/mol. The number of benzene rings is 1. The predicted molar refractivity (Wildman–Crippen MR) is 73.2 cm³/mol. The molecule has 0 saturated carbocycles. The molecule has 0 atom stereocenters.